The molecule has 6 atom stereocenters. The van der Waals surface area contributed by atoms with E-state index in [1.807, 2.05) is 18.2 Å². The molecule has 2 fully saturated rings. The highest BCUT2D eigenvalue weighted by molar-refractivity contribution is 7.90. The van der Waals surface area contributed by atoms with E-state index in [1.54, 1.807) is 18.2 Å². The van der Waals surface area contributed by atoms with Crippen LogP contribution in [0.3, 0.4) is 0 Å². The molecule has 224 valence electrons. The SMILES string of the molecule is O=C1NS(=O)(=O)[C@@H]2COC[C@@H]2C/C=C\[C@H](O)[C@@H]2CC[C@H]2CN2C[C@@]3(CCCc4cc(Cl)ccc43)COc3ccc1cc32. The number of amides is 1. The number of aliphatic hydroxyl groups excluding tert-OH is 1. The first-order valence-corrected chi connectivity index (χ1v) is 16.9. The van der Waals surface area contributed by atoms with E-state index in [1.165, 1.54) is 11.1 Å². The molecular weight excluding hydrogens is 576 g/mol. The molecule has 42 heavy (non-hydrogen) atoms. The molecule has 1 saturated carbocycles. The van der Waals surface area contributed by atoms with E-state index in [0.29, 0.717) is 38.5 Å². The number of ether oxygens (including phenoxy) is 2. The van der Waals surface area contributed by atoms with Crippen molar-refractivity contribution < 1.29 is 27.8 Å². The molecule has 0 radical (unpaired) electrons. The molecule has 1 spiro atoms. The Hall–Kier alpha value is -2.59. The Morgan fingerprint density at radius 2 is 1.98 bits per heavy atom. The van der Waals surface area contributed by atoms with Crippen LogP contribution in [0.15, 0.2) is 48.6 Å². The van der Waals surface area contributed by atoms with Gasteiger partial charge in [-0.05, 0) is 91.8 Å². The third-order valence-corrected chi connectivity index (χ3v) is 12.2. The molecule has 0 aromatic heterocycles. The van der Waals surface area contributed by atoms with Gasteiger partial charge in [-0.25, -0.2) is 13.1 Å². The lowest BCUT2D eigenvalue weighted by atomic mass is 9.68. The second-order valence-corrected chi connectivity index (χ2v) is 15.1. The monoisotopic (exact) mass is 612 g/mol. The van der Waals surface area contributed by atoms with E-state index in [2.05, 4.69) is 21.8 Å². The van der Waals surface area contributed by atoms with Crippen LogP contribution in [0.2, 0.25) is 5.02 Å². The first-order valence-electron chi connectivity index (χ1n) is 15.0. The van der Waals surface area contributed by atoms with Gasteiger partial charge in [-0.3, -0.25) is 4.79 Å². The number of anilines is 1. The Morgan fingerprint density at radius 3 is 2.81 bits per heavy atom. The Balaban J connectivity index is 1.29. The summed E-state index contributed by atoms with van der Waals surface area (Å²) >= 11 is 6.38. The second-order valence-electron chi connectivity index (χ2n) is 12.8. The van der Waals surface area contributed by atoms with Gasteiger partial charge in [-0.2, -0.15) is 0 Å². The maximum absolute atomic E-state index is 13.4. The van der Waals surface area contributed by atoms with E-state index >= 15 is 0 Å². The molecule has 7 rings (SSSR count). The fourth-order valence-electron chi connectivity index (χ4n) is 7.75. The minimum Gasteiger partial charge on any atom is -0.490 e. The maximum atomic E-state index is 13.4. The Labute approximate surface area is 252 Å². The number of rotatable bonds is 0. The standard InChI is InChI=1S/C32H37ClN2O6S/c33-24-8-10-26-20(13-24)4-2-12-32(26)18-35-15-22-6-9-25(22)28(36)5-1-3-23-16-40-17-30(23)42(38,39)34-31(37)21-7-11-29(41-19-32)27(35)14-21/h1,5,7-8,10-11,13-14,22-23,25,28,30,36H,2-4,6,9,12,15-19H2,(H,34,37)/b5-1-/t22-,23-,25+,28-,30+,32-/m0/s1. The highest BCUT2D eigenvalue weighted by atomic mass is 35.5. The van der Waals surface area contributed by atoms with Gasteiger partial charge in [0.15, 0.2) is 0 Å². The molecule has 2 N–H and O–H groups in total. The summed E-state index contributed by atoms with van der Waals surface area (Å²) in [5.74, 6) is 0.119. The van der Waals surface area contributed by atoms with Gasteiger partial charge in [0.2, 0.25) is 10.0 Å². The van der Waals surface area contributed by atoms with Crippen molar-refractivity contribution >= 4 is 33.2 Å². The van der Waals surface area contributed by atoms with Crippen LogP contribution in [-0.4, -0.2) is 63.7 Å². The van der Waals surface area contributed by atoms with E-state index in [-0.39, 0.29) is 35.3 Å². The number of fused-ring (bicyclic) bond motifs is 5. The van der Waals surface area contributed by atoms with Gasteiger partial charge in [0.1, 0.15) is 11.0 Å². The third kappa shape index (κ3) is 5.02. The molecule has 2 aliphatic carbocycles. The predicted molar refractivity (Wildman–Crippen MR) is 161 cm³/mol. The van der Waals surface area contributed by atoms with E-state index in [9.17, 15) is 18.3 Å². The molecule has 1 saturated heterocycles. The number of benzene rings is 2. The molecule has 1 amide bonds. The van der Waals surface area contributed by atoms with E-state index < -0.39 is 27.3 Å². The smallest absolute Gasteiger partial charge is 0.264 e. The van der Waals surface area contributed by atoms with Crippen molar-refractivity contribution in [1.29, 1.82) is 0 Å². The summed E-state index contributed by atoms with van der Waals surface area (Å²) in [6.45, 7) is 2.23. The summed E-state index contributed by atoms with van der Waals surface area (Å²) in [7, 11) is -3.99. The molecular formula is C32H37ClN2O6S. The molecule has 5 aliphatic rings. The predicted octanol–water partition coefficient (Wildman–Crippen LogP) is 4.23. The number of nitrogens with zero attached hydrogens (tertiary/aromatic N) is 1. The quantitative estimate of drug-likeness (QED) is 0.429. The summed E-state index contributed by atoms with van der Waals surface area (Å²) in [6.07, 6.45) is 8.47. The van der Waals surface area contributed by atoms with Crippen LogP contribution in [0.5, 0.6) is 5.75 Å². The van der Waals surface area contributed by atoms with Crippen LogP contribution in [-0.2, 0) is 26.6 Å². The van der Waals surface area contributed by atoms with E-state index in [4.69, 9.17) is 21.1 Å². The summed E-state index contributed by atoms with van der Waals surface area (Å²) < 4.78 is 41.0. The zero-order valence-electron chi connectivity index (χ0n) is 23.5. The number of hydrogen-bond acceptors (Lipinski definition) is 7. The van der Waals surface area contributed by atoms with Gasteiger partial charge >= 0.3 is 0 Å². The van der Waals surface area contributed by atoms with Crippen molar-refractivity contribution in [2.45, 2.75) is 55.3 Å². The Bertz CT molecular complexity index is 1530. The molecule has 2 aromatic rings. The van der Waals surface area contributed by atoms with Crippen LogP contribution in [0.25, 0.3) is 0 Å². The molecule has 8 nitrogen and oxygen atoms in total. The van der Waals surface area contributed by atoms with Gasteiger partial charge in [-0.15, -0.1) is 0 Å². The largest absolute Gasteiger partial charge is 0.490 e. The lowest BCUT2D eigenvalue weighted by Crippen LogP contribution is -2.49. The van der Waals surface area contributed by atoms with Gasteiger partial charge in [0.05, 0.1) is 31.6 Å². The average Bonchev–Trinajstić information content (AvgIpc) is 3.37. The normalized spacial score (nSPS) is 34.6. The first-order chi connectivity index (χ1) is 20.2. The topological polar surface area (TPSA) is 105 Å². The van der Waals surface area contributed by atoms with Gasteiger partial charge in [0.25, 0.3) is 5.91 Å². The van der Waals surface area contributed by atoms with Crippen molar-refractivity contribution in [3.05, 3.63) is 70.3 Å². The average molecular weight is 613 g/mol. The van der Waals surface area contributed by atoms with Gasteiger partial charge < -0.3 is 19.5 Å². The lowest BCUT2D eigenvalue weighted by Gasteiger charge is -2.45. The number of carbonyl (C=O) groups is 1. The van der Waals surface area contributed by atoms with Crippen LogP contribution in [0, 0.1) is 17.8 Å². The molecule has 3 heterocycles. The van der Waals surface area contributed by atoms with Crippen molar-refractivity contribution in [2.75, 3.05) is 37.8 Å². The first kappa shape index (κ1) is 28.2. The zero-order chi connectivity index (χ0) is 29.1. The van der Waals surface area contributed by atoms with Crippen molar-refractivity contribution in [2.24, 2.45) is 17.8 Å². The zero-order valence-corrected chi connectivity index (χ0v) is 25.1. The fraction of sp³-hybridized carbons (Fsp3) is 0.531. The third-order valence-electron chi connectivity index (χ3n) is 10.2. The van der Waals surface area contributed by atoms with Crippen molar-refractivity contribution in [3.63, 3.8) is 0 Å². The van der Waals surface area contributed by atoms with Crippen LogP contribution in [0.4, 0.5) is 5.69 Å². The number of hydrogen-bond donors (Lipinski definition) is 2. The summed E-state index contributed by atoms with van der Waals surface area (Å²) in [5, 5.41) is 11.0. The van der Waals surface area contributed by atoms with Crippen LogP contribution in [0.1, 0.15) is 53.6 Å². The number of nitrogens with one attached hydrogen (secondary N) is 1. The lowest BCUT2D eigenvalue weighted by molar-refractivity contribution is 0.0455. The highest BCUT2D eigenvalue weighted by Crippen LogP contribution is 2.46. The Morgan fingerprint density at radius 1 is 1.10 bits per heavy atom. The molecule has 0 unspecified atom stereocenters. The van der Waals surface area contributed by atoms with Crippen LogP contribution >= 0.6 is 11.6 Å². The van der Waals surface area contributed by atoms with Crippen molar-refractivity contribution in [3.8, 4) is 5.75 Å². The van der Waals surface area contributed by atoms with Crippen molar-refractivity contribution in [1.82, 2.24) is 4.72 Å². The number of sulfonamides is 1. The second kappa shape index (κ2) is 10.8. The maximum Gasteiger partial charge on any atom is 0.264 e. The minimum absolute atomic E-state index is 0.0367. The van der Waals surface area contributed by atoms with E-state index in [0.717, 1.165) is 42.8 Å². The molecule has 2 aromatic carbocycles. The fourth-order valence-corrected chi connectivity index (χ4v) is 9.44. The highest BCUT2D eigenvalue weighted by Gasteiger charge is 2.45. The number of aryl methyl sites for hydroxylation is 1. The molecule has 10 heteroatoms. The molecule has 2 bridgehead atoms. The number of aliphatic hydroxyl groups is 1. The summed E-state index contributed by atoms with van der Waals surface area (Å²) in [6, 6.07) is 11.3. The van der Waals surface area contributed by atoms with Crippen LogP contribution < -0.4 is 14.4 Å². The Kier molecular flexibility index (Phi) is 7.28. The van der Waals surface area contributed by atoms with Gasteiger partial charge in [-0.1, -0.05) is 29.8 Å². The number of carbonyl (C=O) groups excluding carboxylic acids is 1. The van der Waals surface area contributed by atoms with Gasteiger partial charge in [0, 0.05) is 35.0 Å². The number of allylic oxidation sites excluding steroid dienone is 1. The summed E-state index contributed by atoms with van der Waals surface area (Å²) in [4.78, 5) is 15.7. The summed E-state index contributed by atoms with van der Waals surface area (Å²) in [5.41, 5.74) is 3.29. The molecule has 3 aliphatic heterocycles. The minimum atomic E-state index is -3.99. The number of halogens is 1.